The fourth-order valence-electron chi connectivity index (χ4n) is 4.52. The van der Waals surface area contributed by atoms with Crippen LogP contribution in [-0.4, -0.2) is 40.1 Å². The van der Waals surface area contributed by atoms with Crippen LogP contribution in [0.15, 0.2) is 34.7 Å². The molecule has 1 amide bonds. The highest BCUT2D eigenvalue weighted by Crippen LogP contribution is 2.45. The van der Waals surface area contributed by atoms with Crippen molar-refractivity contribution in [1.29, 1.82) is 0 Å². The second-order valence-corrected chi connectivity index (χ2v) is 7.75. The summed E-state index contributed by atoms with van der Waals surface area (Å²) in [4.78, 5) is 19.4. The molecule has 2 heterocycles. The van der Waals surface area contributed by atoms with Gasteiger partial charge >= 0.3 is 0 Å². The number of benzene rings is 1. The minimum Gasteiger partial charge on any atom is -0.441 e. The first-order chi connectivity index (χ1) is 12.6. The molecule has 1 N–H and O–H groups in total. The number of likely N-dealkylation sites (tertiary alicyclic amines) is 1. The van der Waals surface area contributed by atoms with Gasteiger partial charge in [0.05, 0.1) is 18.2 Å². The second-order valence-electron chi connectivity index (χ2n) is 7.75. The smallest absolute Gasteiger partial charge is 0.228 e. The number of aromatic nitrogens is 1. The van der Waals surface area contributed by atoms with E-state index in [0.29, 0.717) is 23.9 Å². The highest BCUT2D eigenvalue weighted by molar-refractivity contribution is 5.79. The van der Waals surface area contributed by atoms with Gasteiger partial charge in [-0.1, -0.05) is 24.6 Å². The zero-order valence-electron chi connectivity index (χ0n) is 15.3. The average Bonchev–Trinajstić information content (AvgIpc) is 3.19. The first-order valence-electron chi connectivity index (χ1n) is 9.55. The van der Waals surface area contributed by atoms with Crippen molar-refractivity contribution in [2.24, 2.45) is 5.41 Å². The number of aliphatic hydroxyl groups is 1. The number of nitrogens with zero attached hydrogens (tertiary/aromatic N) is 2. The Labute approximate surface area is 154 Å². The third-order valence-electron chi connectivity index (χ3n) is 6.05. The molecule has 4 rings (SSSR count). The van der Waals surface area contributed by atoms with Gasteiger partial charge in [0.25, 0.3) is 0 Å². The van der Waals surface area contributed by atoms with Crippen molar-refractivity contribution < 1.29 is 14.3 Å². The van der Waals surface area contributed by atoms with Crippen LogP contribution in [-0.2, 0) is 11.2 Å². The average molecular weight is 354 g/mol. The topological polar surface area (TPSA) is 66.6 Å². The Balaban J connectivity index is 1.47. The normalized spacial score (nSPS) is 25.8. The van der Waals surface area contributed by atoms with Gasteiger partial charge < -0.3 is 14.4 Å². The molecule has 1 aromatic heterocycles. The molecule has 1 saturated heterocycles. The molecule has 0 unspecified atom stereocenters. The van der Waals surface area contributed by atoms with E-state index >= 15 is 0 Å². The summed E-state index contributed by atoms with van der Waals surface area (Å²) < 4.78 is 5.78. The van der Waals surface area contributed by atoms with Gasteiger partial charge in [-0.15, -0.1) is 0 Å². The Morgan fingerprint density at radius 3 is 2.81 bits per heavy atom. The number of aryl methyl sites for hydroxylation is 1. The maximum absolute atomic E-state index is 12.9. The molecule has 0 radical (unpaired) electrons. The van der Waals surface area contributed by atoms with Crippen LogP contribution in [0, 0.1) is 12.3 Å². The van der Waals surface area contributed by atoms with Crippen LogP contribution in [0.25, 0.3) is 11.5 Å². The Bertz CT molecular complexity index is 786. The number of aliphatic hydroxyl groups excluding tert-OH is 1. The van der Waals surface area contributed by atoms with Gasteiger partial charge in [0.2, 0.25) is 11.8 Å². The highest BCUT2D eigenvalue weighted by atomic mass is 16.4. The van der Waals surface area contributed by atoms with Crippen molar-refractivity contribution in [2.75, 3.05) is 13.1 Å². The zero-order valence-corrected chi connectivity index (χ0v) is 15.3. The van der Waals surface area contributed by atoms with E-state index in [4.69, 9.17) is 4.42 Å². The predicted molar refractivity (Wildman–Crippen MR) is 98.5 cm³/mol. The number of oxazole rings is 1. The van der Waals surface area contributed by atoms with Crippen molar-refractivity contribution in [3.05, 3.63) is 41.8 Å². The van der Waals surface area contributed by atoms with Crippen LogP contribution in [0.2, 0.25) is 0 Å². The van der Waals surface area contributed by atoms with Gasteiger partial charge in [0.1, 0.15) is 5.76 Å². The number of carbonyl (C=O) groups is 1. The molecule has 5 heteroatoms. The number of carbonyl (C=O) groups excluding carboxylic acids is 1. The first-order valence-corrected chi connectivity index (χ1v) is 9.55. The van der Waals surface area contributed by atoms with E-state index in [9.17, 15) is 9.90 Å². The fourth-order valence-corrected chi connectivity index (χ4v) is 4.52. The quantitative estimate of drug-likeness (QED) is 0.918. The SMILES string of the molecule is Cc1oc(-c2ccccc2)nc1CC(=O)N1CCC[C@@]2(CCC[C@H]2O)C1. The summed E-state index contributed by atoms with van der Waals surface area (Å²) in [5.41, 5.74) is 1.54. The van der Waals surface area contributed by atoms with Crippen LogP contribution in [0.1, 0.15) is 43.6 Å². The fraction of sp³-hybridized carbons (Fsp3) is 0.524. The summed E-state index contributed by atoms with van der Waals surface area (Å²) in [5.74, 6) is 1.34. The van der Waals surface area contributed by atoms with Crippen molar-refractivity contribution >= 4 is 5.91 Å². The van der Waals surface area contributed by atoms with E-state index in [0.717, 1.165) is 44.2 Å². The molecule has 1 spiro atoms. The summed E-state index contributed by atoms with van der Waals surface area (Å²) >= 11 is 0. The van der Waals surface area contributed by atoms with E-state index < -0.39 is 0 Å². The van der Waals surface area contributed by atoms with E-state index in [1.807, 2.05) is 42.2 Å². The van der Waals surface area contributed by atoms with Crippen molar-refractivity contribution in [2.45, 2.75) is 51.6 Å². The standard InChI is InChI=1S/C21H26N2O3/c1-15-17(22-20(26-15)16-7-3-2-4-8-16)13-19(25)23-12-6-11-21(14-23)10-5-9-18(21)24/h2-4,7-8,18,24H,5-6,9-14H2,1H3/t18-,21+/m1/s1. The minimum absolute atomic E-state index is 0.0814. The van der Waals surface area contributed by atoms with Crippen LogP contribution in [0.3, 0.4) is 0 Å². The van der Waals surface area contributed by atoms with Crippen molar-refractivity contribution in [3.8, 4) is 11.5 Å². The second kappa shape index (κ2) is 6.88. The molecular formula is C21H26N2O3. The van der Waals surface area contributed by atoms with Gasteiger partial charge in [-0.3, -0.25) is 4.79 Å². The van der Waals surface area contributed by atoms with Crippen molar-refractivity contribution in [3.63, 3.8) is 0 Å². The number of hydrogen-bond acceptors (Lipinski definition) is 4. The maximum atomic E-state index is 12.9. The molecule has 0 bridgehead atoms. The summed E-state index contributed by atoms with van der Waals surface area (Å²) in [6.07, 6.45) is 4.94. The van der Waals surface area contributed by atoms with Gasteiger partial charge in [-0.2, -0.15) is 0 Å². The number of hydrogen-bond donors (Lipinski definition) is 1. The summed E-state index contributed by atoms with van der Waals surface area (Å²) in [6, 6.07) is 9.74. The Hall–Kier alpha value is -2.14. The van der Waals surface area contributed by atoms with Gasteiger partial charge in [0, 0.05) is 24.1 Å². The molecule has 2 aliphatic rings. The summed E-state index contributed by atoms with van der Waals surface area (Å²) in [6.45, 7) is 3.31. The van der Waals surface area contributed by atoms with Gasteiger partial charge in [0.15, 0.2) is 0 Å². The number of amides is 1. The van der Waals surface area contributed by atoms with Crippen LogP contribution >= 0.6 is 0 Å². The Morgan fingerprint density at radius 1 is 1.31 bits per heavy atom. The molecule has 1 aliphatic carbocycles. The van der Waals surface area contributed by atoms with Crippen LogP contribution in [0.5, 0.6) is 0 Å². The number of rotatable bonds is 3. The molecule has 2 aromatic rings. The van der Waals surface area contributed by atoms with Gasteiger partial charge in [-0.25, -0.2) is 4.98 Å². The lowest BCUT2D eigenvalue weighted by Crippen LogP contribution is -2.49. The van der Waals surface area contributed by atoms with Crippen LogP contribution < -0.4 is 0 Å². The molecule has 1 saturated carbocycles. The van der Waals surface area contributed by atoms with Crippen molar-refractivity contribution in [1.82, 2.24) is 9.88 Å². The molecule has 26 heavy (non-hydrogen) atoms. The maximum Gasteiger partial charge on any atom is 0.228 e. The molecule has 1 aromatic carbocycles. The third-order valence-corrected chi connectivity index (χ3v) is 6.05. The predicted octanol–water partition coefficient (Wildman–Crippen LogP) is 3.35. The highest BCUT2D eigenvalue weighted by Gasteiger charge is 2.45. The lowest BCUT2D eigenvalue weighted by atomic mass is 9.76. The lowest BCUT2D eigenvalue weighted by molar-refractivity contribution is -0.135. The molecule has 5 nitrogen and oxygen atoms in total. The molecule has 2 fully saturated rings. The van der Waals surface area contributed by atoms with Crippen LogP contribution in [0.4, 0.5) is 0 Å². The van der Waals surface area contributed by atoms with Gasteiger partial charge in [-0.05, 0) is 44.7 Å². The number of piperidine rings is 1. The lowest BCUT2D eigenvalue weighted by Gasteiger charge is -2.42. The third kappa shape index (κ3) is 3.16. The van der Waals surface area contributed by atoms with E-state index in [1.165, 1.54) is 0 Å². The molecule has 1 aliphatic heterocycles. The molecule has 138 valence electrons. The van der Waals surface area contributed by atoms with E-state index in [-0.39, 0.29) is 23.8 Å². The summed E-state index contributed by atoms with van der Waals surface area (Å²) in [5, 5.41) is 10.4. The van der Waals surface area contributed by atoms with E-state index in [2.05, 4.69) is 4.98 Å². The molecular weight excluding hydrogens is 328 g/mol. The largest absolute Gasteiger partial charge is 0.441 e. The first kappa shape index (κ1) is 17.3. The molecule has 2 atom stereocenters. The van der Waals surface area contributed by atoms with E-state index in [1.54, 1.807) is 0 Å². The minimum atomic E-state index is -0.267. The summed E-state index contributed by atoms with van der Waals surface area (Å²) in [7, 11) is 0. The zero-order chi connectivity index (χ0) is 18.1. The Kier molecular flexibility index (Phi) is 4.57. The monoisotopic (exact) mass is 354 g/mol. The Morgan fingerprint density at radius 2 is 2.08 bits per heavy atom.